The Morgan fingerprint density at radius 1 is 1.26 bits per heavy atom. The van der Waals surface area contributed by atoms with Gasteiger partial charge in [0, 0.05) is 18.5 Å². The normalized spacial score (nSPS) is 24.1. The fourth-order valence-electron chi connectivity index (χ4n) is 5.74. The van der Waals surface area contributed by atoms with E-state index in [-0.39, 0.29) is 23.4 Å². The van der Waals surface area contributed by atoms with Crippen LogP contribution in [0.5, 0.6) is 5.75 Å². The number of aliphatic hydroxyl groups is 1. The molecule has 13 nitrogen and oxygen atoms in total. The van der Waals surface area contributed by atoms with Gasteiger partial charge < -0.3 is 24.0 Å². The van der Waals surface area contributed by atoms with Crippen LogP contribution < -0.4 is 14.5 Å². The number of aliphatic hydroxyl groups excluding tert-OH is 1. The highest BCUT2D eigenvalue weighted by Gasteiger charge is 2.58. The highest BCUT2D eigenvalue weighted by molar-refractivity contribution is 7.52. The van der Waals surface area contributed by atoms with Gasteiger partial charge in [0.25, 0.3) is 0 Å². The van der Waals surface area contributed by atoms with Crippen molar-refractivity contribution in [2.24, 2.45) is 5.41 Å². The van der Waals surface area contributed by atoms with E-state index in [4.69, 9.17) is 24.9 Å². The van der Waals surface area contributed by atoms with E-state index in [1.54, 1.807) is 31.2 Å². The lowest BCUT2D eigenvalue weighted by atomic mass is 9.97. The number of terminal acetylenes is 1. The van der Waals surface area contributed by atoms with E-state index < -0.39 is 50.5 Å². The van der Waals surface area contributed by atoms with E-state index >= 15 is 4.39 Å². The third kappa shape index (κ3) is 7.20. The Labute approximate surface area is 290 Å². The summed E-state index contributed by atoms with van der Waals surface area (Å²) in [5, 5.41) is 15.3. The number of alkyl halides is 1. The number of nitrogens with one attached hydrogen (secondary N) is 1. The largest absolute Gasteiger partial charge is 0.464 e. The van der Waals surface area contributed by atoms with E-state index in [0.29, 0.717) is 28.6 Å². The minimum absolute atomic E-state index is 0.118. The molecule has 15 heteroatoms. The molecule has 266 valence electrons. The second-order valence-electron chi connectivity index (χ2n) is 14.0. The number of carbonyl (C=O) groups is 1. The lowest BCUT2D eigenvalue weighted by Gasteiger charge is -2.26. The van der Waals surface area contributed by atoms with Crippen molar-refractivity contribution in [3.63, 3.8) is 0 Å². The molecule has 2 fully saturated rings. The first-order valence-electron chi connectivity index (χ1n) is 16.4. The topological polar surface area (TPSA) is 150 Å². The highest BCUT2D eigenvalue weighted by atomic mass is 31.2. The number of esters is 1. The molecule has 2 aliphatic rings. The van der Waals surface area contributed by atoms with Crippen molar-refractivity contribution in [2.75, 3.05) is 25.2 Å². The van der Waals surface area contributed by atoms with Crippen molar-refractivity contribution in [1.29, 1.82) is 0 Å². The van der Waals surface area contributed by atoms with Gasteiger partial charge in [-0.05, 0) is 43.6 Å². The summed E-state index contributed by atoms with van der Waals surface area (Å²) in [6.07, 6.45) is 4.14. The number of imidazole rings is 1. The molecule has 1 saturated heterocycles. The monoisotopic (exact) mass is 708 g/mol. The quantitative estimate of drug-likeness (QED) is 0.112. The summed E-state index contributed by atoms with van der Waals surface area (Å²) in [6.45, 7) is 8.37. The second-order valence-corrected chi connectivity index (χ2v) is 15.7. The highest BCUT2D eigenvalue weighted by Crippen LogP contribution is 2.49. The van der Waals surface area contributed by atoms with Gasteiger partial charge in [-0.15, -0.1) is 6.42 Å². The molecule has 2 aromatic heterocycles. The lowest BCUT2D eigenvalue weighted by Crippen LogP contribution is -2.42. The molecule has 50 heavy (non-hydrogen) atoms. The molecule has 2 aromatic carbocycles. The first-order chi connectivity index (χ1) is 23.6. The summed E-state index contributed by atoms with van der Waals surface area (Å²) < 4.78 is 55.7. The van der Waals surface area contributed by atoms with Gasteiger partial charge in [-0.3, -0.25) is 13.9 Å². The van der Waals surface area contributed by atoms with Crippen LogP contribution in [0.15, 0.2) is 48.8 Å². The fraction of sp³-hybridized carbons (Fsp3) is 0.486. The van der Waals surface area contributed by atoms with Crippen molar-refractivity contribution >= 4 is 41.5 Å². The number of halogens is 1. The van der Waals surface area contributed by atoms with Crippen LogP contribution in [0, 0.1) is 24.7 Å². The zero-order valence-electron chi connectivity index (χ0n) is 28.9. The number of carbonyl (C=O) groups excluding carboxylic acids is 1. The Kier molecular flexibility index (Phi) is 9.67. The average molecular weight is 709 g/mol. The predicted octanol–water partition coefficient (Wildman–Crippen LogP) is 5.26. The van der Waals surface area contributed by atoms with Crippen molar-refractivity contribution in [2.45, 2.75) is 83.6 Å². The zero-order chi connectivity index (χ0) is 36.0. The summed E-state index contributed by atoms with van der Waals surface area (Å²) in [5.74, 6) is 2.59. The van der Waals surface area contributed by atoms with Crippen molar-refractivity contribution in [3.8, 4) is 18.1 Å². The predicted molar refractivity (Wildman–Crippen MR) is 185 cm³/mol. The first-order valence-corrected chi connectivity index (χ1v) is 18.0. The van der Waals surface area contributed by atoms with Crippen molar-refractivity contribution < 1.29 is 37.4 Å². The molecule has 0 amide bonds. The zero-order valence-corrected chi connectivity index (χ0v) is 29.8. The summed E-state index contributed by atoms with van der Waals surface area (Å²) >= 11 is 0. The van der Waals surface area contributed by atoms with Gasteiger partial charge in [-0.1, -0.05) is 63.1 Å². The van der Waals surface area contributed by atoms with Crippen LogP contribution in [0.2, 0.25) is 0 Å². The molecule has 0 radical (unpaired) electrons. The van der Waals surface area contributed by atoms with Gasteiger partial charge in [-0.25, -0.2) is 23.9 Å². The minimum Gasteiger partial charge on any atom is -0.464 e. The number of aryl methyl sites for hydroxylation is 1. The number of nitrogens with zero attached hydrogens (tertiary/aromatic N) is 5. The number of aromatic nitrogens is 4. The van der Waals surface area contributed by atoms with Crippen LogP contribution in [-0.4, -0.2) is 80.8 Å². The molecule has 1 saturated carbocycles. The molecule has 1 aliphatic carbocycles. The van der Waals surface area contributed by atoms with Crippen LogP contribution >= 0.6 is 7.75 Å². The molecule has 1 unspecified atom stereocenters. The van der Waals surface area contributed by atoms with E-state index in [9.17, 15) is 14.5 Å². The molecule has 1 aliphatic heterocycles. The fourth-order valence-corrected chi connectivity index (χ4v) is 7.26. The van der Waals surface area contributed by atoms with E-state index in [1.807, 2.05) is 50.9 Å². The van der Waals surface area contributed by atoms with Gasteiger partial charge in [0.15, 0.2) is 23.2 Å². The van der Waals surface area contributed by atoms with Gasteiger partial charge in [0.2, 0.25) is 5.67 Å². The van der Waals surface area contributed by atoms with Gasteiger partial charge >= 0.3 is 13.7 Å². The first kappa shape index (κ1) is 35.7. The number of anilines is 1. The van der Waals surface area contributed by atoms with Gasteiger partial charge in [-0.2, -0.15) is 5.09 Å². The van der Waals surface area contributed by atoms with E-state index in [1.165, 1.54) is 17.8 Å². The van der Waals surface area contributed by atoms with Crippen molar-refractivity contribution in [1.82, 2.24) is 24.6 Å². The number of fused-ring (bicyclic) bond motifs is 2. The molecule has 3 heterocycles. The van der Waals surface area contributed by atoms with Gasteiger partial charge in [0.1, 0.15) is 29.8 Å². The number of rotatable bonds is 12. The Bertz CT molecular complexity index is 1990. The Hall–Kier alpha value is -4.12. The maximum atomic E-state index is 16.6. The molecule has 6 rings (SSSR count). The van der Waals surface area contributed by atoms with E-state index in [0.717, 1.165) is 18.2 Å². The smallest absolute Gasteiger partial charge is 0.459 e. The van der Waals surface area contributed by atoms with Crippen LogP contribution in [0.4, 0.5) is 10.2 Å². The Balaban J connectivity index is 1.27. The van der Waals surface area contributed by atoms with Crippen LogP contribution in [0.3, 0.4) is 0 Å². The van der Waals surface area contributed by atoms with Crippen molar-refractivity contribution in [3.05, 3.63) is 54.6 Å². The molecule has 0 bridgehead atoms. The number of benzene rings is 2. The maximum absolute atomic E-state index is 16.6. The second kappa shape index (κ2) is 13.5. The lowest BCUT2D eigenvalue weighted by molar-refractivity contribution is -0.148. The van der Waals surface area contributed by atoms with Gasteiger partial charge in [0.05, 0.1) is 19.5 Å². The third-order valence-corrected chi connectivity index (χ3v) is 10.2. The minimum atomic E-state index is -4.46. The number of hydrogen-bond donors (Lipinski definition) is 2. The van der Waals surface area contributed by atoms with Crippen LogP contribution in [-0.2, 0) is 23.4 Å². The Morgan fingerprint density at radius 3 is 2.68 bits per heavy atom. The molecular weight excluding hydrogens is 666 g/mol. The molecule has 2 N–H and O–H groups in total. The summed E-state index contributed by atoms with van der Waals surface area (Å²) in [7, 11) is -2.54. The SMILES string of the molecule is C#C[C@@]1(F)[C@H](O)[C@@H](COP(=O)(N[C@H](C)C(=O)OCC(C)(C)C)Oc2cccc3ccccc23)O[C@H]1n1cnc2c(N(C)C3CC3)nc(C)nc21. The maximum Gasteiger partial charge on any atom is 0.459 e. The molecular formula is C35H42FN6O7P. The number of hydrogen-bond acceptors (Lipinski definition) is 11. The summed E-state index contributed by atoms with van der Waals surface area (Å²) in [4.78, 5) is 28.5. The molecule has 0 spiro atoms. The number of ether oxygens (including phenoxy) is 2. The third-order valence-electron chi connectivity index (χ3n) is 8.59. The van der Waals surface area contributed by atoms with Crippen LogP contribution in [0.25, 0.3) is 21.9 Å². The summed E-state index contributed by atoms with van der Waals surface area (Å²) in [5.41, 5.74) is -2.38. The average Bonchev–Trinajstić information content (AvgIpc) is 3.80. The van der Waals surface area contributed by atoms with E-state index in [2.05, 4.69) is 26.0 Å². The molecule has 6 atom stereocenters. The molecule has 4 aromatic rings. The standard InChI is InChI=1S/C35H42FN6O7P/c1-8-35(36)29(43)27(48-33(35)42-20-37-28-30(41(7)24-16-17-24)38-22(3)39-31(28)42)18-47-50(45,40-21(2)32(44)46-19-34(4,5)6)49-26-15-11-13-23-12-9-10-14-25(23)26/h1,9-15,20-21,24,27,29,33,43H,16-19H2,2-7H3,(H,40,45)/t21-,27-,29-,33-,35-,50?/m1/s1. The van der Waals surface area contributed by atoms with Crippen LogP contribution in [0.1, 0.15) is 52.6 Å². The summed E-state index contributed by atoms with van der Waals surface area (Å²) in [6, 6.07) is 11.6. The Morgan fingerprint density at radius 2 is 1.98 bits per heavy atom.